The van der Waals surface area contributed by atoms with E-state index in [0.29, 0.717) is 6.04 Å². The van der Waals surface area contributed by atoms with Crippen molar-refractivity contribution in [2.45, 2.75) is 44.9 Å². The van der Waals surface area contributed by atoms with E-state index in [-0.39, 0.29) is 11.8 Å². The molecule has 4 N–H and O–H groups in total. The molecule has 2 aromatic rings. The molecule has 0 aliphatic rings. The van der Waals surface area contributed by atoms with Crippen molar-refractivity contribution in [1.82, 2.24) is 0 Å². The first kappa shape index (κ1) is 16.5. The second-order valence-electron chi connectivity index (χ2n) is 6.09. The number of hydrogen-bond acceptors (Lipinski definition) is 2. The topological polar surface area (TPSA) is 57.1 Å². The van der Waals surface area contributed by atoms with Crippen molar-refractivity contribution in [3.63, 3.8) is 0 Å². The number of aromatic hydroxyl groups is 1. The summed E-state index contributed by atoms with van der Waals surface area (Å²) >= 11 is 0. The van der Waals surface area contributed by atoms with E-state index in [2.05, 4.69) is 36.5 Å². The lowest BCUT2D eigenvalue weighted by Crippen LogP contribution is -2.94. The number of aliphatic hydroxyl groups is 1. The Bertz CT molecular complexity index is 553. The Hall–Kier alpha value is -1.84. The first-order valence-electron chi connectivity index (χ1n) is 7.92. The van der Waals surface area contributed by atoms with Crippen LogP contribution in [0.2, 0.25) is 0 Å². The summed E-state index contributed by atoms with van der Waals surface area (Å²) in [5.74, 6) is 0.226. The third-order valence-corrected chi connectivity index (χ3v) is 4.10. The van der Waals surface area contributed by atoms with Gasteiger partial charge in [0.1, 0.15) is 17.9 Å². The van der Waals surface area contributed by atoms with Crippen LogP contribution in [0.3, 0.4) is 0 Å². The number of quaternary nitrogens is 1. The lowest BCUT2D eigenvalue weighted by molar-refractivity contribution is -0.723. The van der Waals surface area contributed by atoms with Gasteiger partial charge in [0.2, 0.25) is 0 Å². The molecule has 0 heterocycles. The largest absolute Gasteiger partial charge is 0.508 e. The first-order valence-corrected chi connectivity index (χ1v) is 7.92. The predicted octanol–water partition coefficient (Wildman–Crippen LogP) is 2.40. The number of phenols is 1. The summed E-state index contributed by atoms with van der Waals surface area (Å²) in [6.07, 6.45) is 1.61. The van der Waals surface area contributed by atoms with Gasteiger partial charge in [0.25, 0.3) is 0 Å². The van der Waals surface area contributed by atoms with Gasteiger partial charge in [-0.1, -0.05) is 42.5 Å². The molecule has 3 nitrogen and oxygen atoms in total. The van der Waals surface area contributed by atoms with E-state index in [0.717, 1.165) is 18.4 Å². The van der Waals surface area contributed by atoms with Gasteiger partial charge in [-0.2, -0.15) is 0 Å². The van der Waals surface area contributed by atoms with Gasteiger partial charge in [0.15, 0.2) is 0 Å². The van der Waals surface area contributed by atoms with Crippen LogP contribution in [0.5, 0.6) is 5.75 Å². The van der Waals surface area contributed by atoms with Crippen molar-refractivity contribution in [3.05, 3.63) is 65.7 Å². The Morgan fingerprint density at radius 3 is 2.23 bits per heavy atom. The summed E-state index contributed by atoms with van der Waals surface area (Å²) in [5.41, 5.74) is 2.20. The second kappa shape index (κ2) is 7.97. The second-order valence-corrected chi connectivity index (χ2v) is 6.09. The molecule has 2 rings (SSSR count). The van der Waals surface area contributed by atoms with Crippen molar-refractivity contribution in [1.29, 1.82) is 0 Å². The predicted molar refractivity (Wildman–Crippen MR) is 88.7 cm³/mol. The van der Waals surface area contributed by atoms with E-state index >= 15 is 0 Å². The Kier molecular flexibility index (Phi) is 5.99. The molecule has 0 aromatic heterocycles. The summed E-state index contributed by atoms with van der Waals surface area (Å²) in [6.45, 7) is 4.24. The zero-order valence-electron chi connectivity index (χ0n) is 13.3. The van der Waals surface area contributed by atoms with Gasteiger partial charge >= 0.3 is 0 Å². The van der Waals surface area contributed by atoms with E-state index in [1.165, 1.54) is 5.56 Å². The van der Waals surface area contributed by atoms with Gasteiger partial charge in [0.05, 0.1) is 6.04 Å². The fourth-order valence-corrected chi connectivity index (χ4v) is 2.73. The molecule has 0 radical (unpaired) electrons. The molecule has 0 bridgehead atoms. The number of phenolic OH excluding ortho intramolecular Hbond substituents is 1. The van der Waals surface area contributed by atoms with Gasteiger partial charge in [0, 0.05) is 6.42 Å². The minimum absolute atomic E-state index is 0.0790. The van der Waals surface area contributed by atoms with Crippen molar-refractivity contribution in [3.8, 4) is 5.75 Å². The first-order chi connectivity index (χ1) is 10.6. The molecule has 0 saturated heterocycles. The number of rotatable bonds is 7. The minimum Gasteiger partial charge on any atom is -0.508 e. The van der Waals surface area contributed by atoms with Gasteiger partial charge in [-0.05, 0) is 43.5 Å². The standard InChI is InChI=1S/C19H25NO2/c1-14(8-9-16-6-4-3-5-7-16)20-15(2)19(22)17-10-12-18(21)13-11-17/h3-7,10-15,19-22H,8-9H2,1-2H3/p+1/t14-,15+,19-/m0/s1. The molecule has 0 aliphatic heterocycles. The van der Waals surface area contributed by atoms with E-state index in [1.807, 2.05) is 13.0 Å². The van der Waals surface area contributed by atoms with E-state index < -0.39 is 6.10 Å². The molecule has 3 atom stereocenters. The molecular formula is C19H26NO2+. The summed E-state index contributed by atoms with van der Waals surface area (Å²) < 4.78 is 0. The van der Waals surface area contributed by atoms with Crippen molar-refractivity contribution in [2.75, 3.05) is 0 Å². The normalized spacial score (nSPS) is 15.2. The van der Waals surface area contributed by atoms with E-state index in [4.69, 9.17) is 0 Å². The maximum absolute atomic E-state index is 10.4. The van der Waals surface area contributed by atoms with Crippen molar-refractivity contribution >= 4 is 0 Å². The maximum Gasteiger partial charge on any atom is 0.130 e. The summed E-state index contributed by atoms with van der Waals surface area (Å²) in [5, 5.41) is 21.9. The van der Waals surface area contributed by atoms with Crippen LogP contribution in [0.1, 0.15) is 37.5 Å². The number of aryl methyl sites for hydroxylation is 1. The van der Waals surface area contributed by atoms with Gasteiger partial charge < -0.3 is 15.5 Å². The minimum atomic E-state index is -0.528. The number of aliphatic hydroxyl groups excluding tert-OH is 1. The molecule has 0 saturated carbocycles. The summed E-state index contributed by atoms with van der Waals surface area (Å²) in [7, 11) is 0. The number of hydrogen-bond donors (Lipinski definition) is 3. The third-order valence-electron chi connectivity index (χ3n) is 4.10. The molecule has 0 amide bonds. The molecule has 3 heteroatoms. The summed E-state index contributed by atoms with van der Waals surface area (Å²) in [6, 6.07) is 17.8. The van der Waals surface area contributed by atoms with Crippen LogP contribution in [0.25, 0.3) is 0 Å². The van der Waals surface area contributed by atoms with Crippen LogP contribution in [0.4, 0.5) is 0 Å². The number of nitrogens with two attached hydrogens (primary N) is 1. The Morgan fingerprint density at radius 2 is 1.59 bits per heavy atom. The maximum atomic E-state index is 10.4. The van der Waals surface area contributed by atoms with Crippen LogP contribution < -0.4 is 5.32 Å². The molecule has 22 heavy (non-hydrogen) atoms. The fourth-order valence-electron chi connectivity index (χ4n) is 2.73. The smallest absolute Gasteiger partial charge is 0.130 e. The van der Waals surface area contributed by atoms with Gasteiger partial charge in [-0.3, -0.25) is 0 Å². The number of benzene rings is 2. The van der Waals surface area contributed by atoms with Crippen LogP contribution in [0.15, 0.2) is 54.6 Å². The highest BCUT2D eigenvalue weighted by Gasteiger charge is 2.21. The SMILES string of the molecule is C[C@@H](CCc1ccccc1)[NH2+][C@H](C)[C@H](O)c1ccc(O)cc1. The van der Waals surface area contributed by atoms with Crippen LogP contribution in [0, 0.1) is 0 Å². The van der Waals surface area contributed by atoms with Crippen LogP contribution in [-0.2, 0) is 6.42 Å². The molecule has 0 aliphatic carbocycles. The van der Waals surface area contributed by atoms with Gasteiger partial charge in [-0.25, -0.2) is 0 Å². The highest BCUT2D eigenvalue weighted by Crippen LogP contribution is 2.18. The lowest BCUT2D eigenvalue weighted by Gasteiger charge is -2.21. The van der Waals surface area contributed by atoms with Crippen LogP contribution >= 0.6 is 0 Å². The molecule has 118 valence electrons. The highest BCUT2D eigenvalue weighted by molar-refractivity contribution is 5.27. The molecular weight excluding hydrogens is 274 g/mol. The van der Waals surface area contributed by atoms with Crippen LogP contribution in [-0.4, -0.2) is 22.3 Å². The van der Waals surface area contributed by atoms with E-state index in [9.17, 15) is 10.2 Å². The zero-order valence-corrected chi connectivity index (χ0v) is 13.3. The summed E-state index contributed by atoms with van der Waals surface area (Å²) in [4.78, 5) is 0. The Labute approximate surface area is 132 Å². The molecule has 0 fully saturated rings. The molecule has 0 spiro atoms. The van der Waals surface area contributed by atoms with Gasteiger partial charge in [-0.15, -0.1) is 0 Å². The Balaban J connectivity index is 1.82. The monoisotopic (exact) mass is 300 g/mol. The lowest BCUT2D eigenvalue weighted by atomic mass is 10.0. The van der Waals surface area contributed by atoms with Crippen molar-refractivity contribution in [2.24, 2.45) is 0 Å². The fraction of sp³-hybridized carbons (Fsp3) is 0.368. The zero-order chi connectivity index (χ0) is 15.9. The average molecular weight is 300 g/mol. The Morgan fingerprint density at radius 1 is 0.955 bits per heavy atom. The highest BCUT2D eigenvalue weighted by atomic mass is 16.3. The molecule has 2 aromatic carbocycles. The quantitative estimate of drug-likeness (QED) is 0.735. The molecule has 0 unspecified atom stereocenters. The average Bonchev–Trinajstić information content (AvgIpc) is 2.54. The third kappa shape index (κ3) is 4.86. The van der Waals surface area contributed by atoms with E-state index in [1.54, 1.807) is 24.3 Å². The van der Waals surface area contributed by atoms with Crippen molar-refractivity contribution < 1.29 is 15.5 Å².